The zero-order valence-corrected chi connectivity index (χ0v) is 14.8. The zero-order valence-electron chi connectivity index (χ0n) is 14.1. The minimum atomic E-state index is 0.154. The van der Waals surface area contributed by atoms with Gasteiger partial charge in [-0.2, -0.15) is 4.98 Å². The van der Waals surface area contributed by atoms with Crippen LogP contribution in [0, 0.1) is 13.8 Å². The van der Waals surface area contributed by atoms with Crippen molar-refractivity contribution in [2.75, 3.05) is 23.8 Å². The van der Waals surface area contributed by atoms with Crippen molar-refractivity contribution >= 4 is 29.1 Å². The van der Waals surface area contributed by atoms with E-state index in [2.05, 4.69) is 27.5 Å². The summed E-state index contributed by atoms with van der Waals surface area (Å²) in [6.45, 7) is 4.86. The fraction of sp³-hybridized carbons (Fsp3) is 0.444. The first-order chi connectivity index (χ1) is 11.6. The lowest BCUT2D eigenvalue weighted by atomic mass is 10.1. The molecular formula is C18H23ClN4O. The summed E-state index contributed by atoms with van der Waals surface area (Å²) >= 11 is 6.25. The first-order valence-corrected chi connectivity index (χ1v) is 8.72. The van der Waals surface area contributed by atoms with E-state index in [1.807, 2.05) is 25.1 Å². The number of benzene rings is 1. The maximum Gasteiger partial charge on any atom is 0.224 e. The smallest absolute Gasteiger partial charge is 0.224 e. The first kappa shape index (κ1) is 17.0. The van der Waals surface area contributed by atoms with Crippen molar-refractivity contribution in [2.24, 2.45) is 0 Å². The molecule has 0 atom stereocenters. The summed E-state index contributed by atoms with van der Waals surface area (Å²) in [5.74, 6) is 1.91. The standard InChI is InChI=1S/C18H23ClN4O/c1-11-4-7-14(19)12(2)17(11)22-16-10-15(13-5-6-13)21-18(23-16)20-8-3-9-24/h4,7,10,13,24H,3,5-6,8-9H2,1-2H3,(H2,20,21,22,23). The average molecular weight is 347 g/mol. The van der Waals surface area contributed by atoms with Crippen LogP contribution < -0.4 is 10.6 Å². The highest BCUT2D eigenvalue weighted by atomic mass is 35.5. The third-order valence-corrected chi connectivity index (χ3v) is 4.63. The number of rotatable bonds is 7. The third-order valence-electron chi connectivity index (χ3n) is 4.22. The number of aryl methyl sites for hydroxylation is 1. The predicted octanol–water partition coefficient (Wildman–Crippen LogP) is 4.16. The van der Waals surface area contributed by atoms with Gasteiger partial charge in [-0.3, -0.25) is 0 Å². The van der Waals surface area contributed by atoms with Crippen LogP contribution in [0.4, 0.5) is 17.5 Å². The van der Waals surface area contributed by atoms with Crippen LogP contribution in [0.15, 0.2) is 18.2 Å². The van der Waals surface area contributed by atoms with Crippen LogP contribution >= 0.6 is 11.6 Å². The van der Waals surface area contributed by atoms with Crippen molar-refractivity contribution in [1.82, 2.24) is 9.97 Å². The number of hydrogen-bond donors (Lipinski definition) is 3. The molecule has 0 bridgehead atoms. The molecule has 5 nitrogen and oxygen atoms in total. The molecule has 1 saturated carbocycles. The minimum absolute atomic E-state index is 0.154. The van der Waals surface area contributed by atoms with Crippen LogP contribution in [0.25, 0.3) is 0 Å². The van der Waals surface area contributed by atoms with E-state index in [0.29, 0.717) is 24.8 Å². The van der Waals surface area contributed by atoms with E-state index in [0.717, 1.165) is 33.3 Å². The van der Waals surface area contributed by atoms with E-state index in [4.69, 9.17) is 16.7 Å². The monoisotopic (exact) mass is 346 g/mol. The Bertz CT molecular complexity index is 731. The van der Waals surface area contributed by atoms with Crippen LogP contribution in [0.3, 0.4) is 0 Å². The molecule has 1 aromatic carbocycles. The fourth-order valence-corrected chi connectivity index (χ4v) is 2.78. The molecule has 0 spiro atoms. The van der Waals surface area contributed by atoms with Crippen LogP contribution in [-0.4, -0.2) is 28.2 Å². The van der Waals surface area contributed by atoms with E-state index in [1.165, 1.54) is 12.8 Å². The molecule has 1 fully saturated rings. The van der Waals surface area contributed by atoms with E-state index in [-0.39, 0.29) is 6.61 Å². The first-order valence-electron chi connectivity index (χ1n) is 8.35. The Balaban J connectivity index is 1.88. The van der Waals surface area contributed by atoms with Gasteiger partial charge in [-0.05, 0) is 50.3 Å². The van der Waals surface area contributed by atoms with Gasteiger partial charge < -0.3 is 15.7 Å². The number of nitrogens with one attached hydrogen (secondary N) is 2. The van der Waals surface area contributed by atoms with Gasteiger partial charge in [-0.15, -0.1) is 0 Å². The van der Waals surface area contributed by atoms with Crippen LogP contribution in [0.2, 0.25) is 5.02 Å². The van der Waals surface area contributed by atoms with Crippen molar-refractivity contribution in [3.05, 3.63) is 40.0 Å². The fourth-order valence-electron chi connectivity index (χ4n) is 2.62. The SMILES string of the molecule is Cc1ccc(Cl)c(C)c1Nc1cc(C2CC2)nc(NCCCO)n1. The summed E-state index contributed by atoms with van der Waals surface area (Å²) in [4.78, 5) is 9.17. The summed E-state index contributed by atoms with van der Waals surface area (Å²) in [7, 11) is 0. The number of aromatic nitrogens is 2. The summed E-state index contributed by atoms with van der Waals surface area (Å²) in [5.41, 5.74) is 4.19. The Labute approximate surface area is 147 Å². The van der Waals surface area contributed by atoms with E-state index < -0.39 is 0 Å². The molecular weight excluding hydrogens is 324 g/mol. The van der Waals surface area contributed by atoms with Crippen molar-refractivity contribution in [2.45, 2.75) is 39.0 Å². The number of hydrogen-bond acceptors (Lipinski definition) is 5. The van der Waals surface area contributed by atoms with Gasteiger partial charge >= 0.3 is 0 Å². The van der Waals surface area contributed by atoms with Crippen molar-refractivity contribution < 1.29 is 5.11 Å². The minimum Gasteiger partial charge on any atom is -0.396 e. The molecule has 24 heavy (non-hydrogen) atoms. The van der Waals surface area contributed by atoms with Gasteiger partial charge in [0.05, 0.1) is 5.69 Å². The van der Waals surface area contributed by atoms with E-state index >= 15 is 0 Å². The lowest BCUT2D eigenvalue weighted by Crippen LogP contribution is -2.09. The predicted molar refractivity (Wildman–Crippen MR) is 98.4 cm³/mol. The van der Waals surface area contributed by atoms with E-state index in [1.54, 1.807) is 0 Å². The Kier molecular flexibility index (Phi) is 5.21. The molecule has 0 aliphatic heterocycles. The van der Waals surface area contributed by atoms with Gasteiger partial charge in [-0.1, -0.05) is 17.7 Å². The van der Waals surface area contributed by atoms with Crippen molar-refractivity contribution in [1.29, 1.82) is 0 Å². The van der Waals surface area contributed by atoms with Gasteiger partial charge in [-0.25, -0.2) is 4.98 Å². The van der Waals surface area contributed by atoms with Gasteiger partial charge in [0, 0.05) is 35.8 Å². The molecule has 6 heteroatoms. The second-order valence-electron chi connectivity index (χ2n) is 6.27. The van der Waals surface area contributed by atoms with E-state index in [9.17, 15) is 0 Å². The quantitative estimate of drug-likeness (QED) is 0.657. The van der Waals surface area contributed by atoms with Crippen LogP contribution in [0.1, 0.15) is 42.0 Å². The summed E-state index contributed by atoms with van der Waals surface area (Å²) in [6, 6.07) is 5.94. The number of aliphatic hydroxyl groups is 1. The Morgan fingerprint density at radius 2 is 2.04 bits per heavy atom. The molecule has 1 heterocycles. The number of nitrogens with zero attached hydrogens (tertiary/aromatic N) is 2. The molecule has 0 radical (unpaired) electrons. The molecule has 0 unspecified atom stereocenters. The highest BCUT2D eigenvalue weighted by Gasteiger charge is 2.26. The van der Waals surface area contributed by atoms with Crippen molar-refractivity contribution in [3.63, 3.8) is 0 Å². The number of halogens is 1. The summed E-state index contributed by atoms with van der Waals surface area (Å²) in [6.07, 6.45) is 3.04. The van der Waals surface area contributed by atoms with Gasteiger partial charge in [0.2, 0.25) is 5.95 Å². The van der Waals surface area contributed by atoms with Crippen LogP contribution in [0.5, 0.6) is 0 Å². The normalized spacial score (nSPS) is 13.8. The maximum atomic E-state index is 8.93. The average Bonchev–Trinajstić information content (AvgIpc) is 3.40. The molecule has 3 rings (SSSR count). The highest BCUT2D eigenvalue weighted by molar-refractivity contribution is 6.31. The Morgan fingerprint density at radius 3 is 2.75 bits per heavy atom. The molecule has 0 saturated heterocycles. The Hall–Kier alpha value is -1.85. The topological polar surface area (TPSA) is 70.1 Å². The molecule has 3 N–H and O–H groups in total. The second-order valence-corrected chi connectivity index (χ2v) is 6.68. The highest BCUT2D eigenvalue weighted by Crippen LogP contribution is 2.40. The molecule has 0 amide bonds. The van der Waals surface area contributed by atoms with Crippen molar-refractivity contribution in [3.8, 4) is 0 Å². The lowest BCUT2D eigenvalue weighted by Gasteiger charge is -2.15. The molecule has 1 aromatic heterocycles. The van der Waals surface area contributed by atoms with Gasteiger partial charge in [0.25, 0.3) is 0 Å². The van der Waals surface area contributed by atoms with Gasteiger partial charge in [0.15, 0.2) is 0 Å². The molecule has 2 aromatic rings. The molecule has 128 valence electrons. The second kappa shape index (κ2) is 7.36. The molecule has 1 aliphatic rings. The summed E-state index contributed by atoms with van der Waals surface area (Å²) < 4.78 is 0. The van der Waals surface area contributed by atoms with Crippen LogP contribution in [-0.2, 0) is 0 Å². The Morgan fingerprint density at radius 1 is 1.25 bits per heavy atom. The number of aliphatic hydroxyl groups excluding tert-OH is 1. The lowest BCUT2D eigenvalue weighted by molar-refractivity contribution is 0.292. The third kappa shape index (κ3) is 3.97. The largest absolute Gasteiger partial charge is 0.396 e. The summed E-state index contributed by atoms with van der Waals surface area (Å²) in [5, 5.41) is 16.3. The maximum absolute atomic E-state index is 8.93. The van der Waals surface area contributed by atoms with Gasteiger partial charge in [0.1, 0.15) is 5.82 Å². The molecule has 1 aliphatic carbocycles. The number of anilines is 3. The zero-order chi connectivity index (χ0) is 17.1.